The van der Waals surface area contributed by atoms with E-state index < -0.39 is 20.6 Å². The molecule has 0 radical (unpaired) electrons. The van der Waals surface area contributed by atoms with Gasteiger partial charge in [-0.15, -0.1) is 0 Å². The number of methoxy groups -OCH3 is 1. The molecule has 0 aliphatic carbocycles. The van der Waals surface area contributed by atoms with Crippen LogP contribution in [-0.2, 0) is 14.8 Å². The summed E-state index contributed by atoms with van der Waals surface area (Å²) in [5.74, 6) is -0.327. The van der Waals surface area contributed by atoms with Gasteiger partial charge >= 0.3 is 5.69 Å². The van der Waals surface area contributed by atoms with Crippen LogP contribution in [-0.4, -0.2) is 75.8 Å². The molecule has 1 saturated heterocycles. The lowest BCUT2D eigenvalue weighted by molar-refractivity contribution is -0.386. The molecule has 31 heavy (non-hydrogen) atoms. The first-order valence-corrected chi connectivity index (χ1v) is 11.6. The zero-order valence-electron chi connectivity index (χ0n) is 18.8. The van der Waals surface area contributed by atoms with Gasteiger partial charge in [0.1, 0.15) is 0 Å². The average Bonchev–Trinajstić information content (AvgIpc) is 2.70. The van der Waals surface area contributed by atoms with E-state index in [0.717, 1.165) is 12.6 Å². The Morgan fingerprint density at radius 1 is 1.32 bits per heavy atom. The van der Waals surface area contributed by atoms with Crippen LogP contribution in [0.1, 0.15) is 26.7 Å². The molecule has 11 heteroatoms. The van der Waals surface area contributed by atoms with E-state index in [9.17, 15) is 23.3 Å². The second-order valence-electron chi connectivity index (χ2n) is 8.89. The van der Waals surface area contributed by atoms with Gasteiger partial charge in [0.05, 0.1) is 16.9 Å². The van der Waals surface area contributed by atoms with E-state index in [1.807, 2.05) is 14.1 Å². The minimum absolute atomic E-state index is 0.00322. The predicted molar refractivity (Wildman–Crippen MR) is 116 cm³/mol. The lowest BCUT2D eigenvalue weighted by Gasteiger charge is -2.32. The Morgan fingerprint density at radius 3 is 2.45 bits per heavy atom. The number of ether oxygens (including phenoxy) is 1. The van der Waals surface area contributed by atoms with Crippen molar-refractivity contribution in [1.29, 1.82) is 0 Å². The topological polar surface area (TPSA) is 122 Å². The molecule has 0 spiro atoms. The summed E-state index contributed by atoms with van der Waals surface area (Å²) in [7, 11) is 1.35. The van der Waals surface area contributed by atoms with Crippen LogP contribution in [0, 0.1) is 21.4 Å². The Bertz CT molecular complexity index is 908. The summed E-state index contributed by atoms with van der Waals surface area (Å²) in [6, 6.07) is 3.59. The highest BCUT2D eigenvalue weighted by atomic mass is 32.2. The number of rotatable bonds is 9. The molecule has 1 fully saturated rings. The largest absolute Gasteiger partial charge is 0.490 e. The maximum absolute atomic E-state index is 13.0. The summed E-state index contributed by atoms with van der Waals surface area (Å²) >= 11 is 0. The van der Waals surface area contributed by atoms with Gasteiger partial charge in [-0.05, 0) is 44.5 Å². The Hall–Kier alpha value is -2.24. The van der Waals surface area contributed by atoms with Crippen LogP contribution in [0.2, 0.25) is 0 Å². The van der Waals surface area contributed by atoms with Gasteiger partial charge in [-0.3, -0.25) is 14.9 Å². The molecule has 1 N–H and O–H groups in total. The monoisotopic (exact) mass is 456 g/mol. The van der Waals surface area contributed by atoms with Gasteiger partial charge in [0.2, 0.25) is 15.9 Å². The molecule has 0 atom stereocenters. The first-order chi connectivity index (χ1) is 14.4. The molecule has 1 aliphatic rings. The van der Waals surface area contributed by atoms with Crippen LogP contribution in [0.3, 0.4) is 0 Å². The number of hydrogen-bond donors (Lipinski definition) is 1. The summed E-state index contributed by atoms with van der Waals surface area (Å²) in [6.45, 7) is 5.89. The summed E-state index contributed by atoms with van der Waals surface area (Å²) in [5.41, 5.74) is -0.482. The molecule has 0 aromatic heterocycles. The minimum atomic E-state index is -3.91. The molecule has 1 aromatic carbocycles. The number of carbonyl (C=O) groups excluding carboxylic acids is 1. The van der Waals surface area contributed by atoms with Crippen molar-refractivity contribution >= 4 is 21.6 Å². The number of nitro groups is 1. The molecular formula is C20H32N4O6S. The van der Waals surface area contributed by atoms with Crippen LogP contribution >= 0.6 is 0 Å². The molecular weight excluding hydrogens is 424 g/mol. The van der Waals surface area contributed by atoms with Crippen molar-refractivity contribution in [1.82, 2.24) is 14.5 Å². The summed E-state index contributed by atoms with van der Waals surface area (Å²) in [6.07, 6.45) is 0.800. The number of carbonyl (C=O) groups is 1. The zero-order valence-corrected chi connectivity index (χ0v) is 19.6. The molecule has 10 nitrogen and oxygen atoms in total. The van der Waals surface area contributed by atoms with Crippen molar-refractivity contribution < 1.29 is 22.9 Å². The molecule has 174 valence electrons. The maximum atomic E-state index is 13.0. The highest BCUT2D eigenvalue weighted by molar-refractivity contribution is 7.89. The summed E-state index contributed by atoms with van der Waals surface area (Å²) in [5, 5.41) is 14.2. The lowest BCUT2D eigenvalue weighted by atomic mass is 9.91. The Labute approximate surface area is 183 Å². The predicted octanol–water partition coefficient (Wildman–Crippen LogP) is 1.71. The van der Waals surface area contributed by atoms with E-state index in [1.165, 1.54) is 23.5 Å². The molecule has 1 aliphatic heterocycles. The molecule has 0 saturated carbocycles. The number of amides is 1. The second-order valence-corrected chi connectivity index (χ2v) is 10.8. The molecule has 0 unspecified atom stereocenters. The lowest BCUT2D eigenvalue weighted by Crippen LogP contribution is -2.45. The Morgan fingerprint density at radius 2 is 1.94 bits per heavy atom. The van der Waals surface area contributed by atoms with Gasteiger partial charge in [0, 0.05) is 38.2 Å². The van der Waals surface area contributed by atoms with E-state index in [2.05, 4.69) is 24.1 Å². The van der Waals surface area contributed by atoms with E-state index in [0.29, 0.717) is 19.4 Å². The standard InChI is InChI=1S/C20H32N4O6S/c1-20(2,14-22(3)4)13-21-19(25)15-8-10-23(11-9-15)31(28,29)16-6-7-18(30-5)17(12-16)24(26)27/h6-7,12,15H,8-11,13-14H2,1-5H3,(H,21,25). The molecule has 1 heterocycles. The van der Waals surface area contributed by atoms with Crippen molar-refractivity contribution in [3.05, 3.63) is 28.3 Å². The van der Waals surface area contributed by atoms with Gasteiger partial charge in [-0.2, -0.15) is 4.31 Å². The fourth-order valence-corrected chi connectivity index (χ4v) is 5.35. The molecule has 2 rings (SSSR count). The highest BCUT2D eigenvalue weighted by Crippen LogP contribution is 2.32. The molecule has 0 bridgehead atoms. The van der Waals surface area contributed by atoms with Crippen molar-refractivity contribution in [3.8, 4) is 5.75 Å². The van der Waals surface area contributed by atoms with Crippen molar-refractivity contribution in [2.75, 3.05) is 47.4 Å². The summed E-state index contributed by atoms with van der Waals surface area (Å²) < 4.78 is 32.1. The molecule has 1 amide bonds. The SMILES string of the molecule is COc1ccc(S(=O)(=O)N2CCC(C(=O)NCC(C)(C)CN(C)C)CC2)cc1[N+](=O)[O-]. The first kappa shape index (κ1) is 25.0. The van der Waals surface area contributed by atoms with Crippen LogP contribution in [0.4, 0.5) is 5.69 Å². The number of nitrogens with zero attached hydrogens (tertiary/aromatic N) is 3. The van der Waals surface area contributed by atoms with Crippen molar-refractivity contribution in [2.45, 2.75) is 31.6 Å². The zero-order chi connectivity index (χ0) is 23.4. The Kier molecular flexibility index (Phi) is 8.01. The third-order valence-electron chi connectivity index (χ3n) is 5.29. The highest BCUT2D eigenvalue weighted by Gasteiger charge is 2.34. The van der Waals surface area contributed by atoms with Crippen LogP contribution in [0.25, 0.3) is 0 Å². The van der Waals surface area contributed by atoms with Crippen LogP contribution in [0.15, 0.2) is 23.1 Å². The van der Waals surface area contributed by atoms with Crippen molar-refractivity contribution in [2.24, 2.45) is 11.3 Å². The number of nitrogens with one attached hydrogen (secondary N) is 1. The third kappa shape index (κ3) is 6.37. The number of sulfonamides is 1. The fraction of sp³-hybridized carbons (Fsp3) is 0.650. The van der Waals surface area contributed by atoms with Gasteiger partial charge in [0.15, 0.2) is 5.75 Å². The normalized spacial score (nSPS) is 16.3. The Balaban J connectivity index is 2.01. The van der Waals surface area contributed by atoms with Gasteiger partial charge < -0.3 is 15.0 Å². The molecule has 1 aromatic rings. The fourth-order valence-electron chi connectivity index (χ4n) is 3.86. The quantitative estimate of drug-likeness (QED) is 0.443. The summed E-state index contributed by atoms with van der Waals surface area (Å²) in [4.78, 5) is 25.0. The van der Waals surface area contributed by atoms with Crippen molar-refractivity contribution in [3.63, 3.8) is 0 Å². The maximum Gasteiger partial charge on any atom is 0.312 e. The number of piperidine rings is 1. The number of hydrogen-bond acceptors (Lipinski definition) is 7. The van der Waals surface area contributed by atoms with Gasteiger partial charge in [-0.1, -0.05) is 13.8 Å². The number of benzene rings is 1. The van der Waals surface area contributed by atoms with E-state index in [1.54, 1.807) is 0 Å². The van der Waals surface area contributed by atoms with Crippen LogP contribution in [0.5, 0.6) is 5.75 Å². The van der Waals surface area contributed by atoms with Crippen LogP contribution < -0.4 is 10.1 Å². The first-order valence-electron chi connectivity index (χ1n) is 10.1. The third-order valence-corrected chi connectivity index (χ3v) is 7.19. The minimum Gasteiger partial charge on any atom is -0.490 e. The smallest absolute Gasteiger partial charge is 0.312 e. The van der Waals surface area contributed by atoms with E-state index >= 15 is 0 Å². The van der Waals surface area contributed by atoms with E-state index in [-0.39, 0.29) is 41.0 Å². The van der Waals surface area contributed by atoms with Gasteiger partial charge in [0.25, 0.3) is 0 Å². The second kappa shape index (κ2) is 9.92. The van der Waals surface area contributed by atoms with Gasteiger partial charge in [-0.25, -0.2) is 8.42 Å². The van der Waals surface area contributed by atoms with E-state index in [4.69, 9.17) is 4.74 Å². The number of nitro benzene ring substituents is 1. The average molecular weight is 457 g/mol.